The molecule has 0 aliphatic heterocycles. The van der Waals surface area contributed by atoms with E-state index in [-0.39, 0.29) is 11.3 Å². The van der Waals surface area contributed by atoms with E-state index in [4.69, 9.17) is 0 Å². The number of hydrogen-bond acceptors (Lipinski definition) is 4. The van der Waals surface area contributed by atoms with Gasteiger partial charge in [-0.25, -0.2) is 4.98 Å². The zero-order chi connectivity index (χ0) is 19.2. The Hall–Kier alpha value is -1.65. The van der Waals surface area contributed by atoms with Crippen molar-refractivity contribution in [3.8, 4) is 10.4 Å². The smallest absolute Gasteiger partial charge is 0.390 e. The summed E-state index contributed by atoms with van der Waals surface area (Å²) >= 11 is 1.15. The summed E-state index contributed by atoms with van der Waals surface area (Å²) in [5.41, 5.74) is -5.58. The Morgan fingerprint density at radius 1 is 1.04 bits per heavy atom. The average Bonchev–Trinajstić information content (AvgIpc) is 2.84. The predicted octanol–water partition coefficient (Wildman–Crippen LogP) is 4.23. The molecule has 10 heteroatoms. The van der Waals surface area contributed by atoms with Gasteiger partial charge < -0.3 is 10.2 Å². The van der Waals surface area contributed by atoms with Gasteiger partial charge in [0, 0.05) is 5.56 Å². The van der Waals surface area contributed by atoms with Crippen molar-refractivity contribution in [2.75, 3.05) is 0 Å². The van der Waals surface area contributed by atoms with Crippen molar-refractivity contribution in [1.82, 2.24) is 4.98 Å². The highest BCUT2D eigenvalue weighted by molar-refractivity contribution is 7.15. The molecule has 2 rings (SSSR count). The third-order valence-electron chi connectivity index (χ3n) is 3.66. The lowest BCUT2D eigenvalue weighted by Gasteiger charge is -2.33. The fourth-order valence-corrected chi connectivity index (χ4v) is 3.44. The van der Waals surface area contributed by atoms with Crippen LogP contribution in [0.4, 0.5) is 26.3 Å². The number of aryl methyl sites for hydroxylation is 2. The van der Waals surface area contributed by atoms with E-state index in [1.165, 1.54) is 6.92 Å². The van der Waals surface area contributed by atoms with E-state index in [1.807, 2.05) is 0 Å². The van der Waals surface area contributed by atoms with Crippen LogP contribution in [0.3, 0.4) is 0 Å². The summed E-state index contributed by atoms with van der Waals surface area (Å²) in [6, 6.07) is 2.28. The average molecular weight is 385 g/mol. The highest BCUT2D eigenvalue weighted by atomic mass is 32.1. The van der Waals surface area contributed by atoms with E-state index in [0.29, 0.717) is 27.6 Å². The molecule has 0 fully saturated rings. The van der Waals surface area contributed by atoms with Gasteiger partial charge in [0.25, 0.3) is 5.60 Å². The zero-order valence-electron chi connectivity index (χ0n) is 13.0. The molecule has 0 aliphatic carbocycles. The third kappa shape index (κ3) is 3.25. The molecule has 138 valence electrons. The summed E-state index contributed by atoms with van der Waals surface area (Å²) in [7, 11) is 0. The predicted molar refractivity (Wildman–Crippen MR) is 79.0 cm³/mol. The fourth-order valence-electron chi connectivity index (χ4n) is 2.42. The van der Waals surface area contributed by atoms with Crippen LogP contribution in [0.25, 0.3) is 10.4 Å². The van der Waals surface area contributed by atoms with Gasteiger partial charge in [0.05, 0.1) is 22.2 Å². The molecule has 0 amide bonds. The molecule has 1 aromatic carbocycles. The van der Waals surface area contributed by atoms with Crippen LogP contribution in [0.15, 0.2) is 18.2 Å². The van der Waals surface area contributed by atoms with Gasteiger partial charge >= 0.3 is 12.4 Å². The summed E-state index contributed by atoms with van der Waals surface area (Å²) in [4.78, 5) is 4.51. The third-order valence-corrected chi connectivity index (χ3v) is 4.71. The normalized spacial score (nSPS) is 13.4. The number of aliphatic hydroxyl groups is 2. The Labute approximate surface area is 142 Å². The van der Waals surface area contributed by atoms with Gasteiger partial charge in [-0.2, -0.15) is 26.3 Å². The minimum absolute atomic E-state index is 0.0859. The van der Waals surface area contributed by atoms with Gasteiger partial charge in [-0.05, 0) is 25.0 Å². The molecule has 0 unspecified atom stereocenters. The number of alkyl halides is 6. The second-order valence-corrected chi connectivity index (χ2v) is 6.61. The van der Waals surface area contributed by atoms with Gasteiger partial charge in [-0.1, -0.05) is 18.2 Å². The zero-order valence-corrected chi connectivity index (χ0v) is 13.8. The molecule has 0 bridgehead atoms. The summed E-state index contributed by atoms with van der Waals surface area (Å²) in [5.74, 6) is 0. The summed E-state index contributed by atoms with van der Waals surface area (Å²) in [6.07, 6.45) is -11.9. The van der Waals surface area contributed by atoms with Crippen LogP contribution in [0.2, 0.25) is 0 Å². The van der Waals surface area contributed by atoms with Crippen LogP contribution in [0.1, 0.15) is 21.8 Å². The van der Waals surface area contributed by atoms with Crippen molar-refractivity contribution < 1.29 is 36.6 Å². The molecular weight excluding hydrogens is 372 g/mol. The highest BCUT2D eigenvalue weighted by Crippen LogP contribution is 2.50. The Kier molecular flexibility index (Phi) is 4.92. The molecule has 2 N–H and O–H groups in total. The first-order valence-corrected chi connectivity index (χ1v) is 7.69. The first-order chi connectivity index (χ1) is 11.3. The Bertz CT molecular complexity index is 767. The quantitative estimate of drug-likeness (QED) is 0.778. The molecule has 0 aliphatic rings. The van der Waals surface area contributed by atoms with Crippen molar-refractivity contribution in [3.63, 3.8) is 0 Å². The van der Waals surface area contributed by atoms with E-state index in [2.05, 4.69) is 4.98 Å². The summed E-state index contributed by atoms with van der Waals surface area (Å²) in [6.45, 7) is 2.56. The van der Waals surface area contributed by atoms with Crippen LogP contribution in [0.5, 0.6) is 0 Å². The first-order valence-electron chi connectivity index (χ1n) is 6.87. The standard InChI is InChI=1S/C15H13F6NO2S/c1-7-5-9(13(24,14(16,17)18)15(19,20)21)3-4-10(7)12-11(6-23)22-8(2)25-12/h3-5,23-24H,6H2,1-2H3. The van der Waals surface area contributed by atoms with E-state index in [9.17, 15) is 36.6 Å². The van der Waals surface area contributed by atoms with E-state index >= 15 is 0 Å². The minimum atomic E-state index is -5.93. The Morgan fingerprint density at radius 2 is 1.60 bits per heavy atom. The molecule has 1 aromatic heterocycles. The molecule has 0 radical (unpaired) electrons. The van der Waals surface area contributed by atoms with Crippen LogP contribution in [-0.2, 0) is 12.2 Å². The van der Waals surface area contributed by atoms with E-state index < -0.39 is 30.1 Å². The maximum atomic E-state index is 13.0. The second kappa shape index (κ2) is 6.26. The fraction of sp³-hybridized carbons (Fsp3) is 0.400. The number of thiazole rings is 1. The molecular formula is C15H13F6NO2S. The van der Waals surface area contributed by atoms with Gasteiger partial charge in [0.2, 0.25) is 0 Å². The number of hydrogen-bond donors (Lipinski definition) is 2. The largest absolute Gasteiger partial charge is 0.430 e. The number of aromatic nitrogens is 1. The van der Waals surface area contributed by atoms with Crippen LogP contribution >= 0.6 is 11.3 Å². The monoisotopic (exact) mass is 385 g/mol. The number of rotatable bonds is 3. The molecule has 0 atom stereocenters. The molecule has 1 heterocycles. The number of benzene rings is 1. The highest BCUT2D eigenvalue weighted by Gasteiger charge is 2.71. The molecule has 2 aromatic rings. The van der Waals surface area contributed by atoms with Gasteiger partial charge in [-0.3, -0.25) is 0 Å². The topological polar surface area (TPSA) is 53.4 Å². The van der Waals surface area contributed by atoms with E-state index in [1.54, 1.807) is 6.92 Å². The first kappa shape index (κ1) is 19.7. The summed E-state index contributed by atoms with van der Waals surface area (Å²) < 4.78 is 77.7. The molecule has 0 spiro atoms. The van der Waals surface area contributed by atoms with Crippen molar-refractivity contribution in [1.29, 1.82) is 0 Å². The van der Waals surface area contributed by atoms with Crippen molar-refractivity contribution in [3.05, 3.63) is 40.0 Å². The second-order valence-electron chi connectivity index (χ2n) is 5.40. The number of halogens is 6. The Morgan fingerprint density at radius 3 is 2.04 bits per heavy atom. The maximum absolute atomic E-state index is 13.0. The lowest BCUT2D eigenvalue weighted by Crippen LogP contribution is -2.53. The SMILES string of the molecule is Cc1nc(CO)c(-c2ccc(C(O)(C(F)(F)F)C(F)(F)F)cc2C)s1. The van der Waals surface area contributed by atoms with Gasteiger partial charge in [-0.15, -0.1) is 11.3 Å². The molecule has 0 saturated carbocycles. The van der Waals surface area contributed by atoms with Crippen molar-refractivity contribution >= 4 is 11.3 Å². The molecule has 25 heavy (non-hydrogen) atoms. The Balaban J connectivity index is 2.62. The van der Waals surface area contributed by atoms with Crippen molar-refractivity contribution in [2.24, 2.45) is 0 Å². The lowest BCUT2D eigenvalue weighted by atomic mass is 9.89. The number of aliphatic hydroxyl groups excluding tert-OH is 1. The van der Waals surface area contributed by atoms with Gasteiger partial charge in [0.15, 0.2) is 0 Å². The van der Waals surface area contributed by atoms with Crippen LogP contribution < -0.4 is 0 Å². The summed E-state index contributed by atoms with van der Waals surface area (Å²) in [5, 5.41) is 19.3. The lowest BCUT2D eigenvalue weighted by molar-refractivity contribution is -0.376. The van der Waals surface area contributed by atoms with Gasteiger partial charge in [0.1, 0.15) is 0 Å². The van der Waals surface area contributed by atoms with Crippen molar-refractivity contribution in [2.45, 2.75) is 38.4 Å². The minimum Gasteiger partial charge on any atom is -0.390 e. The maximum Gasteiger partial charge on any atom is 0.430 e. The van der Waals surface area contributed by atoms with Crippen LogP contribution in [0, 0.1) is 13.8 Å². The molecule has 3 nitrogen and oxygen atoms in total. The molecule has 0 saturated heterocycles. The van der Waals surface area contributed by atoms with Crippen LogP contribution in [-0.4, -0.2) is 27.5 Å². The van der Waals surface area contributed by atoms with E-state index in [0.717, 1.165) is 17.4 Å². The number of nitrogens with zero attached hydrogens (tertiary/aromatic N) is 1.